The van der Waals surface area contributed by atoms with E-state index in [1.165, 1.54) is 0 Å². The molecule has 1 aromatic rings. The highest BCUT2D eigenvalue weighted by Crippen LogP contribution is 2.13. The number of ether oxygens (including phenoxy) is 1. The van der Waals surface area contributed by atoms with E-state index in [0.29, 0.717) is 5.75 Å². The van der Waals surface area contributed by atoms with Gasteiger partial charge in [-0.3, -0.25) is 0 Å². The third kappa shape index (κ3) is 2.27. The molecule has 0 bridgehead atoms. The Kier molecular flexibility index (Phi) is 2.69. The van der Waals surface area contributed by atoms with Gasteiger partial charge in [-0.15, -0.1) is 0 Å². The second-order valence-electron chi connectivity index (χ2n) is 2.42. The molecule has 0 aliphatic rings. The lowest BCUT2D eigenvalue weighted by Gasteiger charge is -2.01. The third-order valence-corrected chi connectivity index (χ3v) is 1.53. The number of hydrogen-bond acceptors (Lipinski definition) is 2. The van der Waals surface area contributed by atoms with Crippen LogP contribution < -0.4 is 10.5 Å². The predicted molar refractivity (Wildman–Crippen MR) is 46.0 cm³/mol. The second kappa shape index (κ2) is 3.76. The first-order valence-corrected chi connectivity index (χ1v) is 3.78. The number of nitrogens with two attached hydrogens (primary N) is 1. The largest absolute Gasteiger partial charge is 0.410 e. The maximum Gasteiger partial charge on any atom is 0.409 e. The monoisotopic (exact) mass is 165 g/mol. The van der Waals surface area contributed by atoms with Gasteiger partial charge >= 0.3 is 6.09 Å². The summed E-state index contributed by atoms with van der Waals surface area (Å²) in [5, 5.41) is 0. The summed E-state index contributed by atoms with van der Waals surface area (Å²) in [4.78, 5) is 10.4. The van der Waals surface area contributed by atoms with Crippen molar-refractivity contribution >= 4 is 6.09 Å². The molecule has 0 saturated heterocycles. The third-order valence-electron chi connectivity index (χ3n) is 1.53. The zero-order chi connectivity index (χ0) is 8.97. The SMILES string of the molecule is CCc1cccc(OC(N)=O)c1. The van der Waals surface area contributed by atoms with Crippen molar-refractivity contribution in [1.29, 1.82) is 0 Å². The van der Waals surface area contributed by atoms with Crippen molar-refractivity contribution < 1.29 is 9.53 Å². The molecule has 12 heavy (non-hydrogen) atoms. The van der Waals surface area contributed by atoms with Gasteiger partial charge in [0.15, 0.2) is 0 Å². The first-order valence-electron chi connectivity index (χ1n) is 3.78. The first kappa shape index (κ1) is 8.59. The van der Waals surface area contributed by atoms with Crippen molar-refractivity contribution in [2.75, 3.05) is 0 Å². The summed E-state index contributed by atoms with van der Waals surface area (Å²) < 4.78 is 4.70. The quantitative estimate of drug-likeness (QED) is 0.725. The Hall–Kier alpha value is -1.51. The molecule has 1 aromatic carbocycles. The van der Waals surface area contributed by atoms with Gasteiger partial charge in [-0.25, -0.2) is 4.79 Å². The number of aryl methyl sites for hydroxylation is 1. The van der Waals surface area contributed by atoms with Crippen LogP contribution in [-0.2, 0) is 6.42 Å². The Balaban J connectivity index is 2.79. The van der Waals surface area contributed by atoms with Gasteiger partial charge in [0.1, 0.15) is 5.75 Å². The molecule has 0 aliphatic heterocycles. The lowest BCUT2D eigenvalue weighted by atomic mass is 10.2. The van der Waals surface area contributed by atoms with Crippen LogP contribution in [-0.4, -0.2) is 6.09 Å². The maximum atomic E-state index is 10.4. The van der Waals surface area contributed by atoms with E-state index >= 15 is 0 Å². The Labute approximate surface area is 71.1 Å². The van der Waals surface area contributed by atoms with E-state index in [2.05, 4.69) is 0 Å². The molecule has 0 aliphatic carbocycles. The van der Waals surface area contributed by atoms with Crippen molar-refractivity contribution in [3.05, 3.63) is 29.8 Å². The minimum Gasteiger partial charge on any atom is -0.410 e. The van der Waals surface area contributed by atoms with E-state index in [1.54, 1.807) is 12.1 Å². The summed E-state index contributed by atoms with van der Waals surface area (Å²) in [6, 6.07) is 7.29. The van der Waals surface area contributed by atoms with E-state index in [9.17, 15) is 4.79 Å². The Morgan fingerprint density at radius 3 is 2.92 bits per heavy atom. The number of rotatable bonds is 2. The molecule has 0 fully saturated rings. The van der Waals surface area contributed by atoms with E-state index in [-0.39, 0.29) is 0 Å². The van der Waals surface area contributed by atoms with Crippen molar-refractivity contribution in [2.24, 2.45) is 5.73 Å². The van der Waals surface area contributed by atoms with Crippen molar-refractivity contribution in [3.8, 4) is 5.75 Å². The Morgan fingerprint density at radius 1 is 1.58 bits per heavy atom. The lowest BCUT2D eigenvalue weighted by Crippen LogP contribution is -2.16. The normalized spacial score (nSPS) is 9.42. The molecule has 0 unspecified atom stereocenters. The van der Waals surface area contributed by atoms with E-state index < -0.39 is 6.09 Å². The highest BCUT2D eigenvalue weighted by molar-refractivity contribution is 5.68. The zero-order valence-electron chi connectivity index (χ0n) is 6.91. The lowest BCUT2D eigenvalue weighted by molar-refractivity contribution is 0.211. The van der Waals surface area contributed by atoms with Crippen LogP contribution in [0.5, 0.6) is 5.75 Å². The summed E-state index contributed by atoms with van der Waals surface area (Å²) in [5.74, 6) is 0.502. The average Bonchev–Trinajstić information content (AvgIpc) is 2.03. The highest BCUT2D eigenvalue weighted by Gasteiger charge is 1.97. The van der Waals surface area contributed by atoms with Crippen LogP contribution in [0.15, 0.2) is 24.3 Å². The van der Waals surface area contributed by atoms with Crippen LogP contribution in [0, 0.1) is 0 Å². The molecule has 1 amide bonds. The summed E-state index contributed by atoms with van der Waals surface area (Å²) >= 11 is 0. The molecule has 0 radical (unpaired) electrons. The molecule has 3 nitrogen and oxygen atoms in total. The van der Waals surface area contributed by atoms with E-state index in [1.807, 2.05) is 19.1 Å². The number of primary amides is 1. The highest BCUT2D eigenvalue weighted by atomic mass is 16.5. The molecule has 0 heterocycles. The summed E-state index contributed by atoms with van der Waals surface area (Å²) in [6.45, 7) is 2.03. The van der Waals surface area contributed by atoms with Crippen LogP contribution in [0.1, 0.15) is 12.5 Å². The fourth-order valence-electron chi connectivity index (χ4n) is 0.945. The minimum absolute atomic E-state index is 0.502. The summed E-state index contributed by atoms with van der Waals surface area (Å²) in [7, 11) is 0. The number of amides is 1. The van der Waals surface area contributed by atoms with E-state index in [0.717, 1.165) is 12.0 Å². The van der Waals surface area contributed by atoms with Crippen molar-refractivity contribution in [1.82, 2.24) is 0 Å². The zero-order valence-corrected chi connectivity index (χ0v) is 6.91. The molecular formula is C9H11NO2. The van der Waals surface area contributed by atoms with Gasteiger partial charge in [-0.05, 0) is 24.1 Å². The van der Waals surface area contributed by atoms with Gasteiger partial charge in [0.25, 0.3) is 0 Å². The van der Waals surface area contributed by atoms with Gasteiger partial charge < -0.3 is 10.5 Å². The minimum atomic E-state index is -0.775. The number of carbonyl (C=O) groups excluding carboxylic acids is 1. The van der Waals surface area contributed by atoms with Gasteiger partial charge in [0.2, 0.25) is 0 Å². The van der Waals surface area contributed by atoms with Crippen LogP contribution in [0.4, 0.5) is 4.79 Å². The van der Waals surface area contributed by atoms with Crippen LogP contribution in [0.2, 0.25) is 0 Å². The molecule has 0 saturated carbocycles. The molecule has 1 rings (SSSR count). The van der Waals surface area contributed by atoms with Crippen LogP contribution in [0.25, 0.3) is 0 Å². The molecule has 2 N–H and O–H groups in total. The van der Waals surface area contributed by atoms with Gasteiger partial charge in [0.05, 0.1) is 0 Å². The van der Waals surface area contributed by atoms with Gasteiger partial charge in [0, 0.05) is 0 Å². The van der Waals surface area contributed by atoms with Crippen LogP contribution in [0.3, 0.4) is 0 Å². The molecule has 64 valence electrons. The Bertz CT molecular complexity index is 284. The van der Waals surface area contributed by atoms with Crippen molar-refractivity contribution in [3.63, 3.8) is 0 Å². The average molecular weight is 165 g/mol. The van der Waals surface area contributed by atoms with Gasteiger partial charge in [-0.1, -0.05) is 19.1 Å². The van der Waals surface area contributed by atoms with E-state index in [4.69, 9.17) is 10.5 Å². The van der Waals surface area contributed by atoms with Crippen LogP contribution >= 0.6 is 0 Å². The fourth-order valence-corrected chi connectivity index (χ4v) is 0.945. The second-order valence-corrected chi connectivity index (χ2v) is 2.42. The van der Waals surface area contributed by atoms with Gasteiger partial charge in [-0.2, -0.15) is 0 Å². The summed E-state index contributed by atoms with van der Waals surface area (Å²) in [6.07, 6.45) is 0.138. The Morgan fingerprint density at radius 2 is 2.33 bits per heavy atom. The predicted octanol–water partition coefficient (Wildman–Crippen LogP) is 1.71. The number of hydrogen-bond donors (Lipinski definition) is 1. The molecule has 0 spiro atoms. The smallest absolute Gasteiger partial charge is 0.409 e. The first-order chi connectivity index (χ1) is 5.72. The summed E-state index contributed by atoms with van der Waals surface area (Å²) in [5.41, 5.74) is 5.97. The fraction of sp³-hybridized carbons (Fsp3) is 0.222. The number of carbonyl (C=O) groups is 1. The molecule has 0 atom stereocenters. The molecular weight excluding hydrogens is 154 g/mol. The molecule has 3 heteroatoms. The van der Waals surface area contributed by atoms with Crippen molar-refractivity contribution in [2.45, 2.75) is 13.3 Å². The maximum absolute atomic E-state index is 10.4. The standard InChI is InChI=1S/C9H11NO2/c1-2-7-4-3-5-8(6-7)12-9(10)11/h3-6H,2H2,1H3,(H2,10,11). The number of benzene rings is 1. The topological polar surface area (TPSA) is 52.3 Å². The molecule has 0 aromatic heterocycles.